The van der Waals surface area contributed by atoms with Crippen LogP contribution in [0.4, 0.5) is 5.69 Å². The Labute approximate surface area is 157 Å². The van der Waals surface area contributed by atoms with Gasteiger partial charge in [0, 0.05) is 11.1 Å². The first-order valence-corrected chi connectivity index (χ1v) is 9.34. The molecule has 0 radical (unpaired) electrons. The molecule has 2 aromatic heterocycles. The third-order valence-corrected chi connectivity index (χ3v) is 5.24. The van der Waals surface area contributed by atoms with Gasteiger partial charge in [0.1, 0.15) is 5.01 Å². The largest absolute Gasteiger partial charge is 0.448 e. The molecule has 3 rings (SSSR count). The Kier molecular flexibility index (Phi) is 5.41. The quantitative estimate of drug-likeness (QED) is 0.674. The molecular formula is C18H13N3O3S2. The Morgan fingerprint density at radius 3 is 2.85 bits per heavy atom. The van der Waals surface area contributed by atoms with E-state index in [1.165, 1.54) is 29.6 Å². The van der Waals surface area contributed by atoms with Crippen molar-refractivity contribution < 1.29 is 14.3 Å². The number of nitrogens with one attached hydrogen (secondary N) is 1. The lowest BCUT2D eigenvalue weighted by Crippen LogP contribution is -2.30. The molecule has 0 saturated heterocycles. The summed E-state index contributed by atoms with van der Waals surface area (Å²) in [6.45, 7) is 1.48. The first kappa shape index (κ1) is 17.8. The van der Waals surface area contributed by atoms with Crippen LogP contribution < -0.4 is 5.32 Å². The summed E-state index contributed by atoms with van der Waals surface area (Å²) in [6, 6.07) is 12.3. The summed E-state index contributed by atoms with van der Waals surface area (Å²) in [5, 5.41) is 15.8. The van der Waals surface area contributed by atoms with Crippen LogP contribution >= 0.6 is 22.7 Å². The van der Waals surface area contributed by atoms with E-state index in [4.69, 9.17) is 10.00 Å². The third-order valence-electron chi connectivity index (χ3n) is 3.36. The van der Waals surface area contributed by atoms with Gasteiger partial charge in [-0.15, -0.1) is 22.7 Å². The molecular weight excluding hydrogens is 370 g/mol. The van der Waals surface area contributed by atoms with E-state index < -0.39 is 18.0 Å². The van der Waals surface area contributed by atoms with Crippen molar-refractivity contribution in [2.24, 2.45) is 0 Å². The van der Waals surface area contributed by atoms with Crippen molar-refractivity contribution in [3.05, 3.63) is 58.4 Å². The molecule has 0 aliphatic rings. The van der Waals surface area contributed by atoms with E-state index in [2.05, 4.69) is 10.3 Å². The number of anilines is 1. The highest BCUT2D eigenvalue weighted by molar-refractivity contribution is 7.20. The van der Waals surface area contributed by atoms with Crippen LogP contribution in [0.1, 0.15) is 23.0 Å². The van der Waals surface area contributed by atoms with Crippen LogP contribution in [0.25, 0.3) is 9.88 Å². The average molecular weight is 383 g/mol. The van der Waals surface area contributed by atoms with Gasteiger partial charge in [-0.1, -0.05) is 12.1 Å². The second-order valence-electron chi connectivity index (χ2n) is 5.24. The van der Waals surface area contributed by atoms with Crippen LogP contribution in [0.15, 0.2) is 47.2 Å². The number of amides is 1. The van der Waals surface area contributed by atoms with Crippen molar-refractivity contribution in [3.8, 4) is 16.0 Å². The second-order valence-corrected chi connectivity index (χ2v) is 7.05. The summed E-state index contributed by atoms with van der Waals surface area (Å²) < 4.78 is 5.19. The lowest BCUT2D eigenvalue weighted by atomic mass is 10.2. The standard InChI is InChI=1S/C18H13N3O3S2/c1-11(16(22)20-13-5-2-4-12(8-13)9-19)24-18(23)14-10-26-17(21-14)15-6-3-7-25-15/h2-8,10-11H,1H3,(H,20,22)/t11-/m1/s1. The zero-order valence-electron chi connectivity index (χ0n) is 13.6. The minimum Gasteiger partial charge on any atom is -0.448 e. The van der Waals surface area contributed by atoms with Crippen molar-refractivity contribution in [2.45, 2.75) is 13.0 Å². The molecule has 1 aromatic carbocycles. The molecule has 0 spiro atoms. The van der Waals surface area contributed by atoms with E-state index in [0.29, 0.717) is 11.3 Å². The molecule has 6 nitrogen and oxygen atoms in total. The molecule has 26 heavy (non-hydrogen) atoms. The van der Waals surface area contributed by atoms with Crippen LogP contribution in [-0.4, -0.2) is 23.0 Å². The number of hydrogen-bond donors (Lipinski definition) is 1. The molecule has 1 atom stereocenters. The molecule has 0 unspecified atom stereocenters. The number of rotatable bonds is 5. The number of carbonyl (C=O) groups is 2. The number of nitrogens with zero attached hydrogens (tertiary/aromatic N) is 2. The normalized spacial score (nSPS) is 11.4. The number of aromatic nitrogens is 1. The Hall–Kier alpha value is -3.02. The van der Waals surface area contributed by atoms with Crippen LogP contribution in [0, 0.1) is 11.3 Å². The first-order valence-electron chi connectivity index (χ1n) is 7.58. The molecule has 1 N–H and O–H groups in total. The van der Waals surface area contributed by atoms with Crippen molar-refractivity contribution in [3.63, 3.8) is 0 Å². The Bertz CT molecular complexity index is 974. The molecule has 0 fully saturated rings. The second kappa shape index (κ2) is 7.91. The zero-order valence-corrected chi connectivity index (χ0v) is 15.3. The molecule has 2 heterocycles. The van der Waals surface area contributed by atoms with Gasteiger partial charge >= 0.3 is 5.97 Å². The van der Waals surface area contributed by atoms with Gasteiger partial charge in [-0.25, -0.2) is 9.78 Å². The highest BCUT2D eigenvalue weighted by atomic mass is 32.1. The number of thiazole rings is 1. The maximum atomic E-state index is 12.2. The van der Waals surface area contributed by atoms with E-state index in [0.717, 1.165) is 9.88 Å². The maximum absolute atomic E-state index is 12.2. The first-order chi connectivity index (χ1) is 12.6. The number of esters is 1. The molecule has 0 aliphatic carbocycles. The Morgan fingerprint density at radius 1 is 1.27 bits per heavy atom. The molecule has 1 amide bonds. The van der Waals surface area contributed by atoms with Gasteiger partial charge < -0.3 is 10.1 Å². The topological polar surface area (TPSA) is 92.1 Å². The number of carbonyl (C=O) groups excluding carboxylic acids is 2. The zero-order chi connectivity index (χ0) is 18.5. The predicted octanol–water partition coefficient (Wildman–Crippen LogP) is 3.93. The number of thiophene rings is 1. The minimum absolute atomic E-state index is 0.171. The van der Waals surface area contributed by atoms with Crippen LogP contribution in [0.3, 0.4) is 0 Å². The van der Waals surface area contributed by atoms with Gasteiger partial charge in [-0.3, -0.25) is 4.79 Å². The molecule has 0 aliphatic heterocycles. The smallest absolute Gasteiger partial charge is 0.358 e. The number of benzene rings is 1. The van der Waals surface area contributed by atoms with Crippen LogP contribution in [0.5, 0.6) is 0 Å². The number of ether oxygens (including phenoxy) is 1. The SMILES string of the molecule is C[C@@H](OC(=O)c1csc(-c2cccs2)n1)C(=O)Nc1cccc(C#N)c1. The molecule has 0 saturated carbocycles. The summed E-state index contributed by atoms with van der Waals surface area (Å²) in [6.07, 6.45) is -1.000. The van der Waals surface area contributed by atoms with Crippen LogP contribution in [0.2, 0.25) is 0 Å². The average Bonchev–Trinajstić information content (AvgIpc) is 3.33. The fourth-order valence-electron chi connectivity index (χ4n) is 2.07. The van der Waals surface area contributed by atoms with Crippen molar-refractivity contribution in [2.75, 3.05) is 5.32 Å². The van der Waals surface area contributed by atoms with Crippen molar-refractivity contribution in [1.29, 1.82) is 5.26 Å². The summed E-state index contributed by atoms with van der Waals surface area (Å²) in [5.41, 5.74) is 1.06. The van der Waals surface area contributed by atoms with Gasteiger partial charge in [0.05, 0.1) is 16.5 Å². The Morgan fingerprint density at radius 2 is 2.12 bits per heavy atom. The van der Waals surface area contributed by atoms with E-state index in [-0.39, 0.29) is 5.69 Å². The van der Waals surface area contributed by atoms with Crippen LogP contribution in [-0.2, 0) is 9.53 Å². The summed E-state index contributed by atoms with van der Waals surface area (Å²) in [5.74, 6) is -1.14. The monoisotopic (exact) mass is 383 g/mol. The predicted molar refractivity (Wildman–Crippen MR) is 100 cm³/mol. The molecule has 3 aromatic rings. The van der Waals surface area contributed by atoms with Gasteiger partial charge in [0.25, 0.3) is 5.91 Å². The van der Waals surface area contributed by atoms with E-state index in [9.17, 15) is 9.59 Å². The van der Waals surface area contributed by atoms with Gasteiger partial charge in [-0.2, -0.15) is 5.26 Å². The highest BCUT2D eigenvalue weighted by Gasteiger charge is 2.21. The molecule has 130 valence electrons. The Balaban J connectivity index is 1.61. The summed E-state index contributed by atoms with van der Waals surface area (Å²) in [4.78, 5) is 29.6. The maximum Gasteiger partial charge on any atom is 0.358 e. The minimum atomic E-state index is -1.000. The lowest BCUT2D eigenvalue weighted by molar-refractivity contribution is -0.123. The van der Waals surface area contributed by atoms with Gasteiger partial charge in [0.2, 0.25) is 0 Å². The molecule has 0 bridgehead atoms. The van der Waals surface area contributed by atoms with E-state index in [1.54, 1.807) is 29.6 Å². The van der Waals surface area contributed by atoms with E-state index >= 15 is 0 Å². The molecule has 8 heteroatoms. The highest BCUT2D eigenvalue weighted by Crippen LogP contribution is 2.28. The van der Waals surface area contributed by atoms with Crippen molar-refractivity contribution >= 4 is 40.2 Å². The number of hydrogen-bond acceptors (Lipinski definition) is 7. The van der Waals surface area contributed by atoms with Gasteiger partial charge in [0.15, 0.2) is 11.8 Å². The summed E-state index contributed by atoms with van der Waals surface area (Å²) >= 11 is 2.88. The van der Waals surface area contributed by atoms with Gasteiger partial charge in [-0.05, 0) is 36.6 Å². The third kappa shape index (κ3) is 4.14. The summed E-state index contributed by atoms with van der Waals surface area (Å²) in [7, 11) is 0. The van der Waals surface area contributed by atoms with Crippen molar-refractivity contribution in [1.82, 2.24) is 4.98 Å². The fraction of sp³-hybridized carbons (Fsp3) is 0.111. The lowest BCUT2D eigenvalue weighted by Gasteiger charge is -2.12. The fourth-order valence-corrected chi connectivity index (χ4v) is 3.67. The van der Waals surface area contributed by atoms with E-state index in [1.807, 2.05) is 23.6 Å². The number of nitriles is 1.